The van der Waals surface area contributed by atoms with Crippen molar-refractivity contribution in [2.75, 3.05) is 18.9 Å². The Morgan fingerprint density at radius 3 is 2.73 bits per heavy atom. The summed E-state index contributed by atoms with van der Waals surface area (Å²) in [6.45, 7) is 0.986. The molecule has 8 heteroatoms. The normalized spacial score (nSPS) is 16.2. The number of benzene rings is 2. The summed E-state index contributed by atoms with van der Waals surface area (Å²) in [6, 6.07) is 11.5. The van der Waals surface area contributed by atoms with Crippen LogP contribution in [0.1, 0.15) is 22.3 Å². The van der Waals surface area contributed by atoms with Crippen molar-refractivity contribution in [3.63, 3.8) is 0 Å². The molecule has 0 saturated carbocycles. The highest BCUT2D eigenvalue weighted by Crippen LogP contribution is 2.32. The molecular weight excluding hydrogens is 340 g/mol. The van der Waals surface area contributed by atoms with E-state index in [0.717, 1.165) is 11.6 Å². The number of carbonyl (C=O) groups excluding carboxylic acids is 1. The molecule has 2 aromatic rings. The van der Waals surface area contributed by atoms with Crippen molar-refractivity contribution in [2.24, 2.45) is 0 Å². The van der Waals surface area contributed by atoms with Gasteiger partial charge in [-0.05, 0) is 5.56 Å². The number of esters is 1. The number of nitrogens with zero attached hydrogens (tertiary/aromatic N) is 1. The minimum atomic E-state index is -0.717. The van der Waals surface area contributed by atoms with Gasteiger partial charge in [-0.2, -0.15) is 0 Å². The summed E-state index contributed by atoms with van der Waals surface area (Å²) in [6.07, 6.45) is 0.423. The third-order valence-electron chi connectivity index (χ3n) is 3.94. The van der Waals surface area contributed by atoms with E-state index >= 15 is 0 Å². The number of nitrogen functional groups attached to an aromatic ring is 1. The average Bonchev–Trinajstić information content (AvgIpc) is 3.13. The van der Waals surface area contributed by atoms with Crippen LogP contribution in [0.2, 0.25) is 0 Å². The fourth-order valence-electron chi connectivity index (χ4n) is 2.59. The lowest BCUT2D eigenvalue weighted by molar-refractivity contribution is -0.383. The molecule has 0 radical (unpaired) electrons. The largest absolute Gasteiger partial charge is 0.487 e. The van der Waals surface area contributed by atoms with Gasteiger partial charge >= 0.3 is 5.97 Å². The van der Waals surface area contributed by atoms with Crippen LogP contribution in [0.4, 0.5) is 11.4 Å². The zero-order valence-corrected chi connectivity index (χ0v) is 13.9. The van der Waals surface area contributed by atoms with Crippen LogP contribution in [0.15, 0.2) is 42.5 Å². The van der Waals surface area contributed by atoms with E-state index in [2.05, 4.69) is 0 Å². The molecule has 2 N–H and O–H groups in total. The van der Waals surface area contributed by atoms with Gasteiger partial charge in [0.15, 0.2) is 0 Å². The molecule has 1 atom stereocenters. The molecule has 1 aliphatic rings. The first kappa shape index (κ1) is 17.7. The first-order chi connectivity index (χ1) is 12.5. The van der Waals surface area contributed by atoms with E-state index in [9.17, 15) is 14.9 Å². The van der Waals surface area contributed by atoms with Crippen LogP contribution in [0.25, 0.3) is 0 Å². The van der Waals surface area contributed by atoms with Gasteiger partial charge < -0.3 is 19.9 Å². The van der Waals surface area contributed by atoms with Gasteiger partial charge in [0.1, 0.15) is 29.7 Å². The number of hydrogen-bond donors (Lipinski definition) is 1. The molecule has 0 bridgehead atoms. The van der Waals surface area contributed by atoms with Crippen molar-refractivity contribution >= 4 is 17.3 Å². The number of carbonyl (C=O) groups is 1. The molecule has 2 aromatic carbocycles. The Bertz CT molecular complexity index is 803. The van der Waals surface area contributed by atoms with Gasteiger partial charge in [0, 0.05) is 18.6 Å². The van der Waals surface area contributed by atoms with Crippen LogP contribution in [-0.2, 0) is 16.1 Å². The standard InChI is InChI=1S/C18H18N2O6/c19-15-9-17(26-13-6-7-24-11-13)14(8-16(15)20(22)23)18(21)25-10-12-4-2-1-3-5-12/h1-5,8-9,13H,6-7,10-11,19H2. The monoisotopic (exact) mass is 358 g/mol. The number of nitro benzene ring substituents is 1. The van der Waals surface area contributed by atoms with Crippen LogP contribution in [-0.4, -0.2) is 30.2 Å². The Labute approximate surface area is 149 Å². The number of rotatable bonds is 6. The summed E-state index contributed by atoms with van der Waals surface area (Å²) >= 11 is 0. The molecule has 8 nitrogen and oxygen atoms in total. The van der Waals surface area contributed by atoms with Gasteiger partial charge in [-0.3, -0.25) is 10.1 Å². The maximum absolute atomic E-state index is 12.5. The SMILES string of the molecule is Nc1cc(OC2CCOC2)c(C(=O)OCc2ccccc2)cc1[N+](=O)[O-]. The van der Waals surface area contributed by atoms with E-state index < -0.39 is 10.9 Å². The van der Waals surface area contributed by atoms with Crippen molar-refractivity contribution < 1.29 is 23.9 Å². The third kappa shape index (κ3) is 4.09. The molecule has 1 saturated heterocycles. The molecule has 0 aliphatic carbocycles. The summed E-state index contributed by atoms with van der Waals surface area (Å²) in [5.41, 5.74) is 6.05. The lowest BCUT2D eigenvalue weighted by atomic mass is 10.1. The van der Waals surface area contributed by atoms with E-state index in [1.807, 2.05) is 30.3 Å². The quantitative estimate of drug-likeness (QED) is 0.365. The second-order valence-electron chi connectivity index (χ2n) is 5.83. The van der Waals surface area contributed by atoms with E-state index in [0.29, 0.717) is 19.6 Å². The summed E-state index contributed by atoms with van der Waals surface area (Å²) in [5, 5.41) is 11.1. The van der Waals surface area contributed by atoms with Crippen LogP contribution in [0.3, 0.4) is 0 Å². The van der Waals surface area contributed by atoms with E-state index in [1.165, 1.54) is 6.07 Å². The van der Waals surface area contributed by atoms with Crippen molar-refractivity contribution in [1.82, 2.24) is 0 Å². The van der Waals surface area contributed by atoms with Crippen LogP contribution < -0.4 is 10.5 Å². The van der Waals surface area contributed by atoms with Gasteiger partial charge in [-0.15, -0.1) is 0 Å². The maximum Gasteiger partial charge on any atom is 0.342 e. The fourth-order valence-corrected chi connectivity index (χ4v) is 2.59. The van der Waals surface area contributed by atoms with Crippen LogP contribution in [0.5, 0.6) is 5.75 Å². The predicted octanol–water partition coefficient (Wildman–Crippen LogP) is 2.70. The number of nitrogens with two attached hydrogens (primary N) is 1. The summed E-state index contributed by atoms with van der Waals surface area (Å²) in [4.78, 5) is 23.0. The highest BCUT2D eigenvalue weighted by atomic mass is 16.6. The molecule has 0 amide bonds. The van der Waals surface area contributed by atoms with Gasteiger partial charge in [0.25, 0.3) is 5.69 Å². The van der Waals surface area contributed by atoms with Crippen molar-refractivity contribution in [1.29, 1.82) is 0 Å². The Morgan fingerprint density at radius 2 is 2.08 bits per heavy atom. The number of hydrogen-bond acceptors (Lipinski definition) is 7. The van der Waals surface area contributed by atoms with Crippen molar-refractivity contribution in [2.45, 2.75) is 19.1 Å². The molecule has 1 heterocycles. The Kier molecular flexibility index (Phi) is 5.33. The minimum absolute atomic E-state index is 0.0336. The molecule has 1 unspecified atom stereocenters. The first-order valence-corrected chi connectivity index (χ1v) is 8.08. The highest BCUT2D eigenvalue weighted by molar-refractivity contribution is 5.94. The summed E-state index contributed by atoms with van der Waals surface area (Å²) in [7, 11) is 0. The molecular formula is C18H18N2O6. The zero-order chi connectivity index (χ0) is 18.5. The fraction of sp³-hybridized carbons (Fsp3) is 0.278. The summed E-state index contributed by atoms with van der Waals surface area (Å²) < 4.78 is 16.3. The molecule has 0 spiro atoms. The Balaban J connectivity index is 1.84. The average molecular weight is 358 g/mol. The number of nitro groups is 1. The molecule has 1 fully saturated rings. The zero-order valence-electron chi connectivity index (χ0n) is 13.9. The Morgan fingerprint density at radius 1 is 1.31 bits per heavy atom. The second kappa shape index (κ2) is 7.83. The topological polar surface area (TPSA) is 114 Å². The number of ether oxygens (including phenoxy) is 3. The highest BCUT2D eigenvalue weighted by Gasteiger charge is 2.26. The molecule has 0 aromatic heterocycles. The maximum atomic E-state index is 12.5. The van der Waals surface area contributed by atoms with Gasteiger partial charge in [0.2, 0.25) is 0 Å². The summed E-state index contributed by atoms with van der Waals surface area (Å²) in [5.74, 6) is -0.562. The van der Waals surface area contributed by atoms with E-state index in [1.54, 1.807) is 0 Å². The number of anilines is 1. The lowest BCUT2D eigenvalue weighted by Gasteiger charge is -2.16. The second-order valence-corrected chi connectivity index (χ2v) is 5.83. The molecule has 3 rings (SSSR count). The van der Waals surface area contributed by atoms with Crippen LogP contribution >= 0.6 is 0 Å². The molecule has 1 aliphatic heterocycles. The van der Waals surface area contributed by atoms with E-state index in [4.69, 9.17) is 19.9 Å². The Hall–Kier alpha value is -3.13. The van der Waals surface area contributed by atoms with Gasteiger partial charge in [0.05, 0.1) is 18.1 Å². The predicted molar refractivity (Wildman–Crippen MR) is 92.9 cm³/mol. The smallest absolute Gasteiger partial charge is 0.342 e. The molecule has 136 valence electrons. The van der Waals surface area contributed by atoms with Gasteiger partial charge in [-0.25, -0.2) is 4.79 Å². The van der Waals surface area contributed by atoms with Crippen molar-refractivity contribution in [3.05, 3.63) is 63.7 Å². The van der Waals surface area contributed by atoms with Crippen molar-refractivity contribution in [3.8, 4) is 5.75 Å². The molecule has 26 heavy (non-hydrogen) atoms. The van der Waals surface area contributed by atoms with E-state index in [-0.39, 0.29) is 35.4 Å². The third-order valence-corrected chi connectivity index (χ3v) is 3.94. The lowest BCUT2D eigenvalue weighted by Crippen LogP contribution is -2.18. The minimum Gasteiger partial charge on any atom is -0.487 e. The van der Waals surface area contributed by atoms with Gasteiger partial charge in [-0.1, -0.05) is 30.3 Å². The first-order valence-electron chi connectivity index (χ1n) is 8.08. The van der Waals surface area contributed by atoms with Crippen LogP contribution in [0, 0.1) is 10.1 Å².